The molecule has 3 fully saturated rings. The first-order valence-electron chi connectivity index (χ1n) is 12.2. The maximum atomic E-state index is 12.8. The summed E-state index contributed by atoms with van der Waals surface area (Å²) in [5.74, 6) is 0.455. The van der Waals surface area contributed by atoms with Crippen LogP contribution in [0, 0.1) is 5.92 Å². The monoisotopic (exact) mass is 411 g/mol. The Morgan fingerprint density at radius 3 is 2.27 bits per heavy atom. The second-order valence-corrected chi connectivity index (χ2v) is 9.83. The molecular weight excluding hydrogens is 374 g/mol. The van der Waals surface area contributed by atoms with E-state index in [4.69, 9.17) is 4.74 Å². The van der Waals surface area contributed by atoms with Crippen molar-refractivity contribution in [3.05, 3.63) is 35.4 Å². The van der Waals surface area contributed by atoms with Gasteiger partial charge in [-0.2, -0.15) is 0 Å². The summed E-state index contributed by atoms with van der Waals surface area (Å²) in [6.07, 6.45) is 9.08. The van der Waals surface area contributed by atoms with E-state index in [2.05, 4.69) is 39.4 Å². The van der Waals surface area contributed by atoms with Crippen molar-refractivity contribution >= 4 is 5.91 Å². The van der Waals surface area contributed by atoms with Crippen LogP contribution in [0.4, 0.5) is 0 Å². The number of nitrogens with one attached hydrogen (secondary N) is 1. The van der Waals surface area contributed by atoms with Crippen molar-refractivity contribution in [2.45, 2.75) is 69.5 Å². The van der Waals surface area contributed by atoms with Crippen LogP contribution in [0.3, 0.4) is 0 Å². The van der Waals surface area contributed by atoms with Gasteiger partial charge >= 0.3 is 0 Å². The molecule has 0 aromatic heterocycles. The van der Waals surface area contributed by atoms with Crippen LogP contribution in [0.15, 0.2) is 24.3 Å². The Bertz CT molecular complexity index is 700. The largest absolute Gasteiger partial charge is 0.381 e. The molecule has 3 heterocycles. The maximum Gasteiger partial charge on any atom is 0.224 e. The molecule has 0 saturated carbocycles. The maximum absolute atomic E-state index is 12.8. The van der Waals surface area contributed by atoms with Crippen molar-refractivity contribution in [3.63, 3.8) is 0 Å². The van der Waals surface area contributed by atoms with Crippen molar-refractivity contribution in [2.75, 3.05) is 39.4 Å². The van der Waals surface area contributed by atoms with E-state index in [0.29, 0.717) is 18.1 Å². The third-order valence-corrected chi connectivity index (χ3v) is 7.95. The Morgan fingerprint density at radius 1 is 0.867 bits per heavy atom. The molecule has 1 aromatic carbocycles. The fourth-order valence-electron chi connectivity index (χ4n) is 6.12. The van der Waals surface area contributed by atoms with Crippen LogP contribution in [0.1, 0.15) is 49.7 Å². The number of benzene rings is 1. The average molecular weight is 412 g/mol. The first-order valence-corrected chi connectivity index (χ1v) is 12.2. The molecule has 3 aliphatic heterocycles. The lowest BCUT2D eigenvalue weighted by Crippen LogP contribution is -2.53. The zero-order chi connectivity index (χ0) is 20.3. The summed E-state index contributed by atoms with van der Waals surface area (Å²) in [7, 11) is 0. The Labute approximate surface area is 181 Å². The molecule has 1 aliphatic carbocycles. The molecule has 0 bridgehead atoms. The summed E-state index contributed by atoms with van der Waals surface area (Å²) in [4.78, 5) is 18.2. The minimum absolute atomic E-state index is 0.170. The molecular formula is C25H37N3O2. The fourth-order valence-corrected chi connectivity index (χ4v) is 6.12. The number of amides is 1. The molecule has 1 amide bonds. The quantitative estimate of drug-likeness (QED) is 0.827. The van der Waals surface area contributed by atoms with E-state index in [1.165, 1.54) is 45.3 Å². The number of rotatable bonds is 4. The van der Waals surface area contributed by atoms with Gasteiger partial charge in [0.2, 0.25) is 5.91 Å². The predicted molar refractivity (Wildman–Crippen MR) is 119 cm³/mol. The summed E-state index contributed by atoms with van der Waals surface area (Å²) in [5.41, 5.74) is 3.11. The van der Waals surface area contributed by atoms with Crippen molar-refractivity contribution in [3.8, 4) is 0 Å². The van der Waals surface area contributed by atoms with E-state index in [0.717, 1.165) is 45.4 Å². The van der Waals surface area contributed by atoms with Crippen LogP contribution in [-0.4, -0.2) is 73.2 Å². The van der Waals surface area contributed by atoms with Crippen LogP contribution >= 0.6 is 0 Å². The van der Waals surface area contributed by atoms with Gasteiger partial charge in [0.25, 0.3) is 0 Å². The number of fused-ring (bicyclic) bond motifs is 1. The summed E-state index contributed by atoms with van der Waals surface area (Å²) >= 11 is 0. The van der Waals surface area contributed by atoms with E-state index in [1.54, 1.807) is 11.1 Å². The molecule has 5 nitrogen and oxygen atoms in total. The summed E-state index contributed by atoms with van der Waals surface area (Å²) in [6.45, 7) is 6.10. The molecule has 5 heteroatoms. The number of hydrogen-bond acceptors (Lipinski definition) is 4. The summed E-state index contributed by atoms with van der Waals surface area (Å²) < 4.78 is 5.42. The molecule has 30 heavy (non-hydrogen) atoms. The summed E-state index contributed by atoms with van der Waals surface area (Å²) in [6, 6.07) is 10.6. The second kappa shape index (κ2) is 9.37. The van der Waals surface area contributed by atoms with Gasteiger partial charge in [-0.15, -0.1) is 0 Å². The molecule has 0 spiro atoms. The Hall–Kier alpha value is -1.43. The number of carbonyl (C=O) groups excluding carboxylic acids is 1. The van der Waals surface area contributed by atoms with Gasteiger partial charge in [-0.3, -0.25) is 14.6 Å². The number of hydrogen-bond donors (Lipinski definition) is 1. The van der Waals surface area contributed by atoms with Crippen LogP contribution in [-0.2, 0) is 22.4 Å². The van der Waals surface area contributed by atoms with Gasteiger partial charge in [0.1, 0.15) is 0 Å². The standard InChI is InChI=1S/C25H37N3O2/c29-25(26-22-9-14-30-15-10-22)21-6-3-11-28(18-21)23-7-12-27(13-8-23)24-16-19-4-1-2-5-20(19)17-24/h1-2,4-5,21-24H,3,6-18H2,(H,26,29)/t21-/m0/s1. The zero-order valence-electron chi connectivity index (χ0n) is 18.2. The molecule has 1 atom stereocenters. The van der Waals surface area contributed by atoms with Crippen molar-refractivity contribution in [1.82, 2.24) is 15.1 Å². The zero-order valence-corrected chi connectivity index (χ0v) is 18.2. The van der Waals surface area contributed by atoms with Gasteiger partial charge in [-0.1, -0.05) is 24.3 Å². The van der Waals surface area contributed by atoms with E-state index >= 15 is 0 Å². The van der Waals surface area contributed by atoms with Crippen molar-refractivity contribution in [1.29, 1.82) is 0 Å². The van der Waals surface area contributed by atoms with Crippen molar-refractivity contribution < 1.29 is 9.53 Å². The molecule has 4 aliphatic rings. The molecule has 5 rings (SSSR count). The lowest BCUT2D eigenvalue weighted by molar-refractivity contribution is -0.128. The molecule has 1 aromatic rings. The Morgan fingerprint density at radius 2 is 1.57 bits per heavy atom. The normalized spacial score (nSPS) is 27.8. The van der Waals surface area contributed by atoms with Crippen LogP contribution < -0.4 is 5.32 Å². The first kappa shape index (κ1) is 20.5. The number of nitrogens with zero attached hydrogens (tertiary/aromatic N) is 2. The smallest absolute Gasteiger partial charge is 0.224 e. The lowest BCUT2D eigenvalue weighted by Gasteiger charge is -2.43. The minimum atomic E-state index is 0.170. The number of carbonyl (C=O) groups is 1. The van der Waals surface area contributed by atoms with Gasteiger partial charge in [0.05, 0.1) is 5.92 Å². The molecule has 0 unspecified atom stereocenters. The number of likely N-dealkylation sites (tertiary alicyclic amines) is 2. The van der Waals surface area contributed by atoms with Gasteiger partial charge in [0, 0.05) is 37.9 Å². The predicted octanol–water partition coefficient (Wildman–Crippen LogP) is 2.63. The lowest BCUT2D eigenvalue weighted by atomic mass is 9.92. The highest BCUT2D eigenvalue weighted by Gasteiger charge is 2.35. The van der Waals surface area contributed by atoms with E-state index in [1.807, 2.05) is 0 Å². The third kappa shape index (κ3) is 4.58. The second-order valence-electron chi connectivity index (χ2n) is 9.83. The average Bonchev–Trinajstić information content (AvgIpc) is 3.24. The third-order valence-electron chi connectivity index (χ3n) is 7.95. The van der Waals surface area contributed by atoms with E-state index in [-0.39, 0.29) is 11.8 Å². The van der Waals surface area contributed by atoms with Crippen LogP contribution in [0.5, 0.6) is 0 Å². The van der Waals surface area contributed by atoms with Crippen LogP contribution in [0.2, 0.25) is 0 Å². The Kier molecular flexibility index (Phi) is 6.40. The molecule has 1 N–H and O–H groups in total. The topological polar surface area (TPSA) is 44.8 Å². The highest BCUT2D eigenvalue weighted by atomic mass is 16.5. The highest BCUT2D eigenvalue weighted by molar-refractivity contribution is 5.79. The summed E-state index contributed by atoms with van der Waals surface area (Å²) in [5, 5.41) is 3.31. The Balaban J connectivity index is 1.10. The van der Waals surface area contributed by atoms with Crippen molar-refractivity contribution in [2.24, 2.45) is 5.92 Å². The van der Waals surface area contributed by atoms with Gasteiger partial charge in [-0.05, 0) is 82.1 Å². The number of piperidine rings is 2. The number of ether oxygens (including phenoxy) is 1. The minimum Gasteiger partial charge on any atom is -0.381 e. The molecule has 0 radical (unpaired) electrons. The SMILES string of the molecule is O=C(NC1CCOCC1)[C@H]1CCCN(C2CCN(C3Cc4ccccc4C3)CC2)C1. The molecule has 164 valence electrons. The molecule has 3 saturated heterocycles. The van der Waals surface area contributed by atoms with Gasteiger partial charge in [-0.25, -0.2) is 0 Å². The highest BCUT2D eigenvalue weighted by Crippen LogP contribution is 2.30. The van der Waals surface area contributed by atoms with E-state index < -0.39 is 0 Å². The van der Waals surface area contributed by atoms with Crippen LogP contribution in [0.25, 0.3) is 0 Å². The van der Waals surface area contributed by atoms with Gasteiger partial charge < -0.3 is 10.1 Å². The van der Waals surface area contributed by atoms with Gasteiger partial charge in [0.15, 0.2) is 0 Å². The first-order chi connectivity index (χ1) is 14.8. The van der Waals surface area contributed by atoms with E-state index in [9.17, 15) is 4.79 Å². The fraction of sp³-hybridized carbons (Fsp3) is 0.720.